The Balaban J connectivity index is 1.99. The molecular weight excluding hydrogens is 197 g/mol. The van der Waals surface area contributed by atoms with Crippen LogP contribution in [-0.2, 0) is 0 Å². The summed E-state index contributed by atoms with van der Waals surface area (Å²) in [7, 11) is -1.33. The molecule has 3 N–H and O–H groups in total. The molecule has 1 saturated carbocycles. The zero-order valence-corrected chi connectivity index (χ0v) is 8.92. The predicted molar refractivity (Wildman–Crippen MR) is 58.7 cm³/mol. The van der Waals surface area contributed by atoms with E-state index in [2.05, 4.69) is 12.2 Å². The first-order valence-electron chi connectivity index (χ1n) is 4.88. The Labute approximate surface area is 87.9 Å². The van der Waals surface area contributed by atoms with Crippen LogP contribution in [0.2, 0.25) is 0 Å². The van der Waals surface area contributed by atoms with Crippen molar-refractivity contribution >= 4 is 23.2 Å². The molecule has 76 valence electrons. The van der Waals surface area contributed by atoms with Gasteiger partial charge in [0.2, 0.25) is 0 Å². The fraction of sp³-hybridized carbons (Fsp3) is 0.556. The minimum Gasteiger partial charge on any atom is -0.423 e. The van der Waals surface area contributed by atoms with E-state index in [0.29, 0.717) is 16.9 Å². The largest absolute Gasteiger partial charge is 0.499 e. The van der Waals surface area contributed by atoms with Crippen molar-refractivity contribution in [3.05, 3.63) is 17.0 Å². The van der Waals surface area contributed by atoms with Gasteiger partial charge in [0.05, 0.1) is 0 Å². The molecule has 14 heavy (non-hydrogen) atoms. The van der Waals surface area contributed by atoms with Crippen LogP contribution in [0.25, 0.3) is 0 Å². The first-order valence-corrected chi connectivity index (χ1v) is 5.70. The Kier molecular flexibility index (Phi) is 2.92. The highest BCUT2D eigenvalue weighted by atomic mass is 32.1. The number of hydrogen-bond donors (Lipinski definition) is 3. The van der Waals surface area contributed by atoms with Crippen LogP contribution in [0.3, 0.4) is 0 Å². The van der Waals surface area contributed by atoms with E-state index in [1.54, 1.807) is 6.07 Å². The van der Waals surface area contributed by atoms with Gasteiger partial charge in [-0.15, -0.1) is 11.3 Å². The van der Waals surface area contributed by atoms with Gasteiger partial charge in [-0.25, -0.2) is 0 Å². The molecule has 0 bridgehead atoms. The second-order valence-corrected chi connectivity index (χ2v) is 4.92. The minimum atomic E-state index is -1.33. The van der Waals surface area contributed by atoms with Gasteiger partial charge in [0.1, 0.15) is 0 Å². The van der Waals surface area contributed by atoms with E-state index >= 15 is 0 Å². The quantitative estimate of drug-likeness (QED) is 0.625. The predicted octanol–water partition coefficient (Wildman–Crippen LogP) is 0.241. The van der Waals surface area contributed by atoms with Crippen LogP contribution in [-0.4, -0.2) is 23.2 Å². The fourth-order valence-corrected chi connectivity index (χ4v) is 2.32. The fourth-order valence-electron chi connectivity index (χ4n) is 1.43. The third kappa shape index (κ3) is 2.36. The third-order valence-corrected chi connectivity index (χ3v) is 3.70. The molecule has 2 rings (SSSR count). The molecule has 5 heteroatoms. The van der Waals surface area contributed by atoms with Crippen LogP contribution in [0, 0.1) is 0 Å². The summed E-state index contributed by atoms with van der Waals surface area (Å²) in [5.74, 6) is 0. The van der Waals surface area contributed by atoms with E-state index in [0.717, 1.165) is 0 Å². The number of rotatable bonds is 4. The van der Waals surface area contributed by atoms with Gasteiger partial charge in [0.15, 0.2) is 0 Å². The van der Waals surface area contributed by atoms with Gasteiger partial charge in [-0.05, 0) is 25.8 Å². The molecular formula is C9H14BNO2S. The number of hydrogen-bond acceptors (Lipinski definition) is 4. The van der Waals surface area contributed by atoms with E-state index in [-0.39, 0.29) is 0 Å². The van der Waals surface area contributed by atoms with Gasteiger partial charge < -0.3 is 15.4 Å². The minimum absolute atomic E-state index is 0.319. The van der Waals surface area contributed by atoms with Crippen LogP contribution < -0.4 is 10.1 Å². The van der Waals surface area contributed by atoms with Gasteiger partial charge in [0.25, 0.3) is 0 Å². The molecule has 1 fully saturated rings. The molecule has 1 aliphatic carbocycles. The summed E-state index contributed by atoms with van der Waals surface area (Å²) < 4.78 is 0.615. The highest BCUT2D eigenvalue weighted by Crippen LogP contribution is 2.25. The average Bonchev–Trinajstić information content (AvgIpc) is 2.81. The lowest BCUT2D eigenvalue weighted by molar-refractivity contribution is 0.427. The Morgan fingerprint density at radius 3 is 2.71 bits per heavy atom. The summed E-state index contributed by atoms with van der Waals surface area (Å²) in [6.07, 6.45) is 2.54. The standard InChI is InChI=1S/C9H14BNO2S/c1-6(11-7-2-3-7)8-4-5-9(14-8)10(12)13/h4-7,11-13H,2-3H2,1H3/t6-/m1/s1. The van der Waals surface area contributed by atoms with Crippen LogP contribution >= 0.6 is 11.3 Å². The van der Waals surface area contributed by atoms with Gasteiger partial charge >= 0.3 is 7.12 Å². The monoisotopic (exact) mass is 211 g/mol. The lowest BCUT2D eigenvalue weighted by Gasteiger charge is -2.10. The SMILES string of the molecule is C[C@@H](NC1CC1)c1ccc(B(O)O)s1. The van der Waals surface area contributed by atoms with E-state index in [4.69, 9.17) is 10.0 Å². The summed E-state index contributed by atoms with van der Waals surface area (Å²) in [5.41, 5.74) is 0. The smallest absolute Gasteiger partial charge is 0.423 e. The Morgan fingerprint density at radius 1 is 1.50 bits per heavy atom. The first-order chi connectivity index (χ1) is 6.66. The normalized spacial score (nSPS) is 18.2. The van der Waals surface area contributed by atoms with Crippen LogP contribution in [0.1, 0.15) is 30.7 Å². The lowest BCUT2D eigenvalue weighted by Crippen LogP contribution is -2.26. The molecule has 1 heterocycles. The maximum atomic E-state index is 8.96. The van der Waals surface area contributed by atoms with Gasteiger partial charge in [-0.2, -0.15) is 0 Å². The Morgan fingerprint density at radius 2 is 2.21 bits per heavy atom. The zero-order chi connectivity index (χ0) is 10.1. The van der Waals surface area contributed by atoms with Crippen molar-refractivity contribution in [2.75, 3.05) is 0 Å². The molecule has 0 aliphatic heterocycles. The van der Waals surface area contributed by atoms with Gasteiger partial charge in [0, 0.05) is 21.7 Å². The molecule has 1 aromatic heterocycles. The molecule has 0 amide bonds. The third-order valence-electron chi connectivity index (χ3n) is 2.39. The van der Waals surface area contributed by atoms with E-state index in [1.165, 1.54) is 29.1 Å². The molecule has 0 aromatic carbocycles. The van der Waals surface area contributed by atoms with Crippen molar-refractivity contribution in [2.45, 2.75) is 31.8 Å². The van der Waals surface area contributed by atoms with Crippen molar-refractivity contribution in [1.29, 1.82) is 0 Å². The summed E-state index contributed by atoms with van der Waals surface area (Å²) >= 11 is 1.46. The molecule has 0 spiro atoms. The highest BCUT2D eigenvalue weighted by molar-refractivity contribution is 7.22. The first kappa shape index (κ1) is 10.2. The van der Waals surface area contributed by atoms with Crippen molar-refractivity contribution in [3.8, 4) is 0 Å². The second kappa shape index (κ2) is 4.02. The highest BCUT2D eigenvalue weighted by Gasteiger charge is 2.24. The van der Waals surface area contributed by atoms with E-state index < -0.39 is 7.12 Å². The molecule has 3 nitrogen and oxygen atoms in total. The lowest BCUT2D eigenvalue weighted by atomic mass is 9.90. The average molecular weight is 211 g/mol. The van der Waals surface area contributed by atoms with E-state index in [9.17, 15) is 0 Å². The molecule has 0 unspecified atom stereocenters. The maximum absolute atomic E-state index is 8.96. The van der Waals surface area contributed by atoms with Crippen molar-refractivity contribution in [2.24, 2.45) is 0 Å². The van der Waals surface area contributed by atoms with Crippen molar-refractivity contribution < 1.29 is 10.0 Å². The van der Waals surface area contributed by atoms with Crippen LogP contribution in [0.5, 0.6) is 0 Å². The second-order valence-electron chi connectivity index (χ2n) is 3.78. The Hall–Kier alpha value is -0.355. The molecule has 0 saturated heterocycles. The van der Waals surface area contributed by atoms with Crippen molar-refractivity contribution in [1.82, 2.24) is 5.32 Å². The molecule has 0 radical (unpaired) electrons. The summed E-state index contributed by atoms with van der Waals surface area (Å²) in [4.78, 5) is 1.17. The van der Waals surface area contributed by atoms with Crippen LogP contribution in [0.4, 0.5) is 0 Å². The molecule has 1 atom stereocenters. The topological polar surface area (TPSA) is 52.5 Å². The summed E-state index contributed by atoms with van der Waals surface area (Å²) in [5, 5.41) is 21.4. The van der Waals surface area contributed by atoms with Gasteiger partial charge in [-0.1, -0.05) is 6.07 Å². The van der Waals surface area contributed by atoms with Gasteiger partial charge in [-0.3, -0.25) is 0 Å². The summed E-state index contributed by atoms with van der Waals surface area (Å²) in [6, 6.07) is 4.73. The van der Waals surface area contributed by atoms with E-state index in [1.807, 2.05) is 6.07 Å². The maximum Gasteiger partial charge on any atom is 0.499 e. The zero-order valence-electron chi connectivity index (χ0n) is 8.10. The molecule has 1 aromatic rings. The molecule has 1 aliphatic rings. The summed E-state index contributed by atoms with van der Waals surface area (Å²) in [6.45, 7) is 2.11. The van der Waals surface area contributed by atoms with Crippen molar-refractivity contribution in [3.63, 3.8) is 0 Å². The van der Waals surface area contributed by atoms with Crippen LogP contribution in [0.15, 0.2) is 12.1 Å². The number of nitrogens with one attached hydrogen (secondary N) is 1. The Bertz CT molecular complexity index is 312. The number of thiophene rings is 1.